The van der Waals surface area contributed by atoms with E-state index in [2.05, 4.69) is 18.2 Å². The van der Waals surface area contributed by atoms with Crippen molar-refractivity contribution in [1.82, 2.24) is 0 Å². The zero-order valence-corrected chi connectivity index (χ0v) is 16.0. The van der Waals surface area contributed by atoms with Crippen LogP contribution in [-0.2, 0) is 11.2 Å². The van der Waals surface area contributed by atoms with Crippen molar-refractivity contribution in [3.8, 4) is 0 Å². The number of aliphatic hydroxyl groups excluding tert-OH is 1. The highest BCUT2D eigenvalue weighted by molar-refractivity contribution is 8.00. The molecule has 0 radical (unpaired) electrons. The van der Waals surface area contributed by atoms with Crippen molar-refractivity contribution in [2.75, 3.05) is 0 Å². The summed E-state index contributed by atoms with van der Waals surface area (Å²) in [4.78, 5) is 11.7. The van der Waals surface area contributed by atoms with Gasteiger partial charge in [-0.1, -0.05) is 54.1 Å². The van der Waals surface area contributed by atoms with E-state index in [1.807, 2.05) is 48.5 Å². The van der Waals surface area contributed by atoms with Crippen LogP contribution in [0.1, 0.15) is 24.8 Å². The fourth-order valence-electron chi connectivity index (χ4n) is 2.50. The minimum atomic E-state index is -0.835. The molecule has 2 rings (SSSR count). The molecule has 0 aliphatic carbocycles. The van der Waals surface area contributed by atoms with E-state index in [0.717, 1.165) is 11.3 Å². The molecule has 0 aromatic heterocycles. The van der Waals surface area contributed by atoms with E-state index in [-0.39, 0.29) is 11.7 Å². The Morgan fingerprint density at radius 3 is 2.46 bits per heavy atom. The first-order chi connectivity index (χ1) is 12.5. The van der Waals surface area contributed by atoms with E-state index < -0.39 is 12.1 Å². The van der Waals surface area contributed by atoms with Crippen LogP contribution in [0.2, 0.25) is 5.02 Å². The Morgan fingerprint density at radius 2 is 1.81 bits per heavy atom. The summed E-state index contributed by atoms with van der Waals surface area (Å²) in [6.45, 7) is 0. The van der Waals surface area contributed by atoms with Gasteiger partial charge in [0, 0.05) is 16.3 Å². The molecular weight excluding hydrogens is 368 g/mol. The van der Waals surface area contributed by atoms with Crippen LogP contribution >= 0.6 is 23.4 Å². The van der Waals surface area contributed by atoms with Crippen molar-refractivity contribution >= 4 is 29.3 Å². The first kappa shape index (κ1) is 20.6. The average molecular weight is 391 g/mol. The predicted octanol–water partition coefficient (Wildman–Crippen LogP) is 5.22. The largest absolute Gasteiger partial charge is 0.481 e. The average Bonchev–Trinajstić information content (AvgIpc) is 2.63. The van der Waals surface area contributed by atoms with Crippen LogP contribution in [0.4, 0.5) is 0 Å². The smallest absolute Gasteiger partial charge is 0.303 e. The van der Waals surface area contributed by atoms with E-state index in [1.165, 1.54) is 5.56 Å². The number of hydrogen-bond acceptors (Lipinski definition) is 3. The maximum Gasteiger partial charge on any atom is 0.303 e. The maximum atomic E-state index is 10.7. The van der Waals surface area contributed by atoms with Crippen LogP contribution in [0.15, 0.2) is 71.6 Å². The number of thioether (sulfide) groups is 1. The summed E-state index contributed by atoms with van der Waals surface area (Å²) in [7, 11) is 0. The number of carboxylic acid groups (broad SMARTS) is 1. The first-order valence-electron chi connectivity index (χ1n) is 8.57. The van der Waals surface area contributed by atoms with Gasteiger partial charge in [-0.2, -0.15) is 0 Å². The molecular formula is C21H23ClO3S. The normalized spacial score (nSPS) is 13.6. The summed E-state index contributed by atoms with van der Waals surface area (Å²) in [6, 6.07) is 17.6. The number of carboxylic acids is 1. The molecule has 2 N–H and O–H groups in total. The number of benzene rings is 2. The summed E-state index contributed by atoms with van der Waals surface area (Å²) in [6.07, 6.45) is 5.24. The standard InChI is InChI=1S/C21H23ClO3S/c22-17-12-14-18(15-13-17)26-20(19(23)9-5-11-21(24)25)10-4-8-16-6-2-1-3-7-16/h1-4,6-7,10,12-15,19-20,23H,5,8-9,11H2,(H,24,25)/b10-4-/t19-,20+/m1/s1. The second kappa shape index (κ2) is 11.1. The zero-order chi connectivity index (χ0) is 18.8. The van der Waals surface area contributed by atoms with Gasteiger partial charge in [0.1, 0.15) is 0 Å². The lowest BCUT2D eigenvalue weighted by Crippen LogP contribution is -2.21. The molecule has 0 amide bonds. The number of halogens is 1. The van der Waals surface area contributed by atoms with Gasteiger partial charge < -0.3 is 10.2 Å². The lowest BCUT2D eigenvalue weighted by molar-refractivity contribution is -0.137. The van der Waals surface area contributed by atoms with Crippen LogP contribution in [0.3, 0.4) is 0 Å². The first-order valence-corrected chi connectivity index (χ1v) is 9.83. The molecule has 2 atom stereocenters. The van der Waals surface area contributed by atoms with E-state index in [4.69, 9.17) is 16.7 Å². The number of hydrogen-bond donors (Lipinski definition) is 2. The van der Waals surface area contributed by atoms with Gasteiger partial charge in [0.25, 0.3) is 0 Å². The maximum absolute atomic E-state index is 10.7. The minimum Gasteiger partial charge on any atom is -0.481 e. The Morgan fingerprint density at radius 1 is 1.12 bits per heavy atom. The Kier molecular flexibility index (Phi) is 8.75. The summed E-state index contributed by atoms with van der Waals surface area (Å²) < 4.78 is 0. The summed E-state index contributed by atoms with van der Waals surface area (Å²) in [5, 5.41) is 19.9. The Hall–Kier alpha value is -1.75. The van der Waals surface area contributed by atoms with Gasteiger partial charge in [-0.3, -0.25) is 4.79 Å². The molecule has 5 heteroatoms. The van der Waals surface area contributed by atoms with Crippen molar-refractivity contribution in [3.05, 3.63) is 77.3 Å². The molecule has 26 heavy (non-hydrogen) atoms. The van der Waals surface area contributed by atoms with Crippen molar-refractivity contribution in [1.29, 1.82) is 0 Å². The van der Waals surface area contributed by atoms with Gasteiger partial charge >= 0.3 is 5.97 Å². The van der Waals surface area contributed by atoms with Crippen molar-refractivity contribution < 1.29 is 15.0 Å². The third kappa shape index (κ3) is 7.65. The Bertz CT molecular complexity index is 701. The number of allylic oxidation sites excluding steroid dienone is 1. The second-order valence-corrected chi connectivity index (χ2v) is 7.70. The molecule has 0 spiro atoms. The quantitative estimate of drug-likeness (QED) is 0.431. The van der Waals surface area contributed by atoms with Crippen molar-refractivity contribution in [3.63, 3.8) is 0 Å². The second-order valence-electron chi connectivity index (χ2n) is 6.01. The highest BCUT2D eigenvalue weighted by atomic mass is 35.5. The van der Waals surface area contributed by atoms with Crippen LogP contribution in [0.25, 0.3) is 0 Å². The van der Waals surface area contributed by atoms with E-state index >= 15 is 0 Å². The fourth-order valence-corrected chi connectivity index (χ4v) is 3.71. The van der Waals surface area contributed by atoms with Gasteiger partial charge in [-0.15, -0.1) is 11.8 Å². The lowest BCUT2D eigenvalue weighted by atomic mass is 10.1. The van der Waals surface area contributed by atoms with Crippen LogP contribution in [-0.4, -0.2) is 27.5 Å². The fraction of sp³-hybridized carbons (Fsp3) is 0.286. The number of rotatable bonds is 10. The monoisotopic (exact) mass is 390 g/mol. The van der Waals surface area contributed by atoms with E-state index in [0.29, 0.717) is 17.9 Å². The van der Waals surface area contributed by atoms with Crippen molar-refractivity contribution in [2.24, 2.45) is 0 Å². The van der Waals surface area contributed by atoms with Gasteiger partial charge in [0.05, 0.1) is 11.4 Å². The topological polar surface area (TPSA) is 57.5 Å². The molecule has 0 heterocycles. The SMILES string of the molecule is O=C(O)CCC[C@@H](O)[C@H](/C=C\Cc1ccccc1)Sc1ccc(Cl)cc1. The lowest BCUT2D eigenvalue weighted by Gasteiger charge is -2.19. The van der Waals surface area contributed by atoms with E-state index in [1.54, 1.807) is 11.8 Å². The molecule has 0 bridgehead atoms. The molecule has 3 nitrogen and oxygen atoms in total. The molecule has 0 aliphatic rings. The predicted molar refractivity (Wildman–Crippen MR) is 108 cm³/mol. The summed E-state index contributed by atoms with van der Waals surface area (Å²) >= 11 is 7.49. The number of carbonyl (C=O) groups is 1. The van der Waals surface area contributed by atoms with Gasteiger partial charge in [-0.05, 0) is 49.1 Å². The van der Waals surface area contributed by atoms with Crippen molar-refractivity contribution in [2.45, 2.75) is 41.9 Å². The summed E-state index contributed by atoms with van der Waals surface area (Å²) in [5.74, 6) is -0.835. The van der Waals surface area contributed by atoms with Crippen LogP contribution in [0, 0.1) is 0 Å². The molecule has 0 saturated carbocycles. The highest BCUT2D eigenvalue weighted by Gasteiger charge is 2.18. The zero-order valence-electron chi connectivity index (χ0n) is 14.4. The molecule has 2 aromatic carbocycles. The summed E-state index contributed by atoms with van der Waals surface area (Å²) in [5.41, 5.74) is 1.21. The minimum absolute atomic E-state index is 0.0725. The molecule has 0 unspecified atom stereocenters. The molecule has 138 valence electrons. The van der Waals surface area contributed by atoms with Gasteiger partial charge in [0.2, 0.25) is 0 Å². The van der Waals surface area contributed by atoms with Gasteiger partial charge in [-0.25, -0.2) is 0 Å². The van der Waals surface area contributed by atoms with Crippen LogP contribution in [0.5, 0.6) is 0 Å². The molecule has 0 saturated heterocycles. The third-order valence-electron chi connectivity index (χ3n) is 3.88. The Labute approximate surface area is 163 Å². The molecule has 0 aliphatic heterocycles. The molecule has 2 aromatic rings. The van der Waals surface area contributed by atoms with Gasteiger partial charge in [0.15, 0.2) is 0 Å². The van der Waals surface area contributed by atoms with E-state index in [9.17, 15) is 9.90 Å². The number of aliphatic carboxylic acids is 1. The molecule has 0 fully saturated rings. The third-order valence-corrected chi connectivity index (χ3v) is 5.42. The van der Waals surface area contributed by atoms with Crippen LogP contribution < -0.4 is 0 Å². The Balaban J connectivity index is 2.01. The number of aliphatic hydroxyl groups is 1. The highest BCUT2D eigenvalue weighted by Crippen LogP contribution is 2.29.